The number of hydrogen-bond acceptors (Lipinski definition) is 6. The van der Waals surface area contributed by atoms with Crippen LogP contribution in [0.25, 0.3) is 11.3 Å². The summed E-state index contributed by atoms with van der Waals surface area (Å²) in [7, 11) is 2.50. The van der Waals surface area contributed by atoms with Crippen LogP contribution in [0.2, 0.25) is 0 Å². The average molecular weight is 467 g/mol. The van der Waals surface area contributed by atoms with Gasteiger partial charge in [0.15, 0.2) is 0 Å². The molecule has 2 unspecified atom stereocenters. The fourth-order valence-corrected chi connectivity index (χ4v) is 5.08. The van der Waals surface area contributed by atoms with Crippen molar-refractivity contribution in [3.8, 4) is 17.3 Å². The molecule has 0 bridgehead atoms. The van der Waals surface area contributed by atoms with Crippen LogP contribution in [0, 0.1) is 11.3 Å². The SMILES string of the molecule is CC1(C)OB(Cc2cccc(-c3nn(C4CCCCCN(P)C4)c(N)c3C#N)c2)OC1(C)C. The number of nitriles is 1. The van der Waals surface area contributed by atoms with Crippen molar-refractivity contribution in [1.29, 1.82) is 5.26 Å². The first-order chi connectivity index (χ1) is 15.6. The summed E-state index contributed by atoms with van der Waals surface area (Å²) in [6.45, 7) is 10.1. The molecular weight excluding hydrogens is 432 g/mol. The van der Waals surface area contributed by atoms with Gasteiger partial charge in [0.25, 0.3) is 0 Å². The van der Waals surface area contributed by atoms with E-state index in [0.717, 1.165) is 37.1 Å². The zero-order chi connectivity index (χ0) is 23.8. The van der Waals surface area contributed by atoms with Crippen molar-refractivity contribution in [3.05, 3.63) is 35.4 Å². The van der Waals surface area contributed by atoms with Crippen molar-refractivity contribution in [2.24, 2.45) is 0 Å². The molecule has 2 aliphatic rings. The van der Waals surface area contributed by atoms with Gasteiger partial charge in [-0.15, -0.1) is 0 Å². The van der Waals surface area contributed by atoms with Gasteiger partial charge in [-0.2, -0.15) is 10.4 Å². The van der Waals surface area contributed by atoms with Crippen LogP contribution in [-0.4, -0.2) is 45.9 Å². The van der Waals surface area contributed by atoms with Crippen LogP contribution in [-0.2, 0) is 15.6 Å². The Balaban J connectivity index is 1.61. The third-order valence-corrected chi connectivity index (χ3v) is 7.71. The van der Waals surface area contributed by atoms with E-state index in [0.29, 0.717) is 23.4 Å². The van der Waals surface area contributed by atoms with Crippen molar-refractivity contribution in [2.45, 2.75) is 76.9 Å². The van der Waals surface area contributed by atoms with Gasteiger partial charge in [-0.25, -0.2) is 4.68 Å². The Kier molecular flexibility index (Phi) is 6.89. The van der Waals surface area contributed by atoms with E-state index in [1.54, 1.807) is 0 Å². The maximum atomic E-state index is 9.90. The second kappa shape index (κ2) is 9.39. The monoisotopic (exact) mass is 467 g/mol. The molecule has 1 aromatic carbocycles. The van der Waals surface area contributed by atoms with E-state index in [1.807, 2.05) is 16.8 Å². The van der Waals surface area contributed by atoms with Gasteiger partial charge in [0, 0.05) is 25.0 Å². The van der Waals surface area contributed by atoms with Gasteiger partial charge < -0.3 is 15.0 Å². The van der Waals surface area contributed by atoms with Crippen LogP contribution in [0.15, 0.2) is 24.3 Å². The summed E-state index contributed by atoms with van der Waals surface area (Å²) >= 11 is 0. The van der Waals surface area contributed by atoms with E-state index in [1.165, 1.54) is 12.8 Å². The third-order valence-electron chi connectivity index (χ3n) is 7.24. The highest BCUT2D eigenvalue weighted by molar-refractivity contribution is 7.13. The molecule has 2 atom stereocenters. The van der Waals surface area contributed by atoms with Crippen LogP contribution in [0.1, 0.15) is 70.5 Å². The molecule has 0 amide bonds. The zero-order valence-corrected chi connectivity index (χ0v) is 21.3. The smallest absolute Gasteiger partial charge is 0.403 e. The van der Waals surface area contributed by atoms with Crippen molar-refractivity contribution in [2.75, 3.05) is 18.8 Å². The minimum absolute atomic E-state index is 0.150. The number of hydrogen-bond donors (Lipinski definition) is 1. The van der Waals surface area contributed by atoms with E-state index in [4.69, 9.17) is 20.1 Å². The normalized spacial score (nSPS) is 23.2. The molecule has 0 spiro atoms. The van der Waals surface area contributed by atoms with Crippen LogP contribution < -0.4 is 5.73 Å². The lowest BCUT2D eigenvalue weighted by molar-refractivity contribution is 0.00578. The van der Waals surface area contributed by atoms with Gasteiger partial charge >= 0.3 is 7.12 Å². The molecule has 1 aromatic heterocycles. The largest absolute Gasteiger partial charge is 0.462 e. The Hall–Kier alpha value is -1.91. The second-order valence-electron chi connectivity index (χ2n) is 10.3. The Bertz CT molecular complexity index is 1030. The number of nitrogens with zero attached hydrogens (tertiary/aromatic N) is 4. The Morgan fingerprint density at radius 1 is 1.21 bits per heavy atom. The molecule has 4 rings (SSSR count). The van der Waals surface area contributed by atoms with Gasteiger partial charge in [0.2, 0.25) is 0 Å². The fraction of sp³-hybridized carbons (Fsp3) is 0.583. The quantitative estimate of drug-likeness (QED) is 0.530. The van der Waals surface area contributed by atoms with Gasteiger partial charge in [-0.3, -0.25) is 4.67 Å². The first kappa shape index (κ1) is 24.2. The average Bonchev–Trinajstić information content (AvgIpc) is 3.16. The molecule has 3 heterocycles. The maximum absolute atomic E-state index is 9.90. The highest BCUT2D eigenvalue weighted by atomic mass is 31.0. The lowest BCUT2D eigenvalue weighted by Crippen LogP contribution is -2.41. The molecule has 33 heavy (non-hydrogen) atoms. The van der Waals surface area contributed by atoms with E-state index in [2.05, 4.69) is 60.0 Å². The van der Waals surface area contributed by atoms with E-state index in [9.17, 15) is 5.26 Å². The minimum Gasteiger partial charge on any atom is -0.403 e. The Morgan fingerprint density at radius 2 is 1.94 bits per heavy atom. The number of aromatic nitrogens is 2. The van der Waals surface area contributed by atoms with Crippen LogP contribution in [0.5, 0.6) is 0 Å². The second-order valence-corrected chi connectivity index (χ2v) is 11.0. The highest BCUT2D eigenvalue weighted by Gasteiger charge is 2.50. The topological polar surface area (TPSA) is 89.3 Å². The highest BCUT2D eigenvalue weighted by Crippen LogP contribution is 2.38. The summed E-state index contributed by atoms with van der Waals surface area (Å²) in [5.41, 5.74) is 8.79. The molecule has 0 aliphatic carbocycles. The van der Waals surface area contributed by atoms with Gasteiger partial charge in [-0.1, -0.05) is 40.4 Å². The Morgan fingerprint density at radius 3 is 2.64 bits per heavy atom. The van der Waals surface area contributed by atoms with Gasteiger partial charge in [0.1, 0.15) is 23.1 Å². The van der Waals surface area contributed by atoms with Crippen LogP contribution >= 0.6 is 9.39 Å². The van der Waals surface area contributed by atoms with Crippen LogP contribution in [0.4, 0.5) is 5.82 Å². The zero-order valence-electron chi connectivity index (χ0n) is 20.2. The summed E-state index contributed by atoms with van der Waals surface area (Å²) < 4.78 is 16.5. The summed E-state index contributed by atoms with van der Waals surface area (Å²) in [4.78, 5) is 0. The lowest BCUT2D eigenvalue weighted by Gasteiger charge is -2.32. The van der Waals surface area contributed by atoms with Gasteiger partial charge in [-0.05, 0) is 52.2 Å². The molecule has 0 saturated carbocycles. The van der Waals surface area contributed by atoms with E-state index >= 15 is 0 Å². The number of nitrogens with two attached hydrogens (primary N) is 1. The molecule has 7 nitrogen and oxygen atoms in total. The van der Waals surface area contributed by atoms with Gasteiger partial charge in [0.05, 0.1) is 17.2 Å². The number of nitrogen functional groups attached to an aromatic ring is 1. The molecule has 2 aliphatic heterocycles. The predicted octanol–water partition coefficient (Wildman–Crippen LogP) is 4.39. The van der Waals surface area contributed by atoms with E-state index in [-0.39, 0.29) is 24.4 Å². The lowest BCUT2D eigenvalue weighted by atomic mass is 9.80. The van der Waals surface area contributed by atoms with E-state index < -0.39 is 0 Å². The molecular formula is C24H35BN5O2P. The first-order valence-corrected chi connectivity index (χ1v) is 12.4. The molecule has 2 N–H and O–H groups in total. The number of rotatable bonds is 4. The number of benzene rings is 1. The van der Waals surface area contributed by atoms with Crippen molar-refractivity contribution >= 4 is 22.3 Å². The van der Waals surface area contributed by atoms with Crippen LogP contribution in [0.3, 0.4) is 0 Å². The minimum atomic E-state index is -0.362. The summed E-state index contributed by atoms with van der Waals surface area (Å²) in [5.74, 6) is 0.452. The predicted molar refractivity (Wildman–Crippen MR) is 135 cm³/mol. The summed E-state index contributed by atoms with van der Waals surface area (Å²) in [6.07, 6.45) is 5.17. The molecule has 0 radical (unpaired) electrons. The fourth-order valence-electron chi connectivity index (χ4n) is 4.65. The third kappa shape index (κ3) is 4.98. The van der Waals surface area contributed by atoms with Crippen molar-refractivity contribution in [3.63, 3.8) is 0 Å². The molecule has 9 heteroatoms. The molecule has 176 valence electrons. The standard InChI is InChI=1S/C24H35BN5O2P/c1-23(2)24(3,4)32-25(31-23)14-17-9-8-10-18(13-17)21-20(15-26)22(27)30(28-21)19-11-6-5-7-12-29(33)16-19/h8-10,13,19H,5-7,11-12,14,16,27,33H2,1-4H3. The van der Waals surface area contributed by atoms with Crippen molar-refractivity contribution < 1.29 is 9.31 Å². The Labute approximate surface area is 200 Å². The summed E-state index contributed by atoms with van der Waals surface area (Å²) in [6, 6.07) is 10.6. The molecule has 2 saturated heterocycles. The molecule has 2 fully saturated rings. The summed E-state index contributed by atoms with van der Waals surface area (Å²) in [5, 5.41) is 14.8. The number of anilines is 1. The van der Waals surface area contributed by atoms with Crippen molar-refractivity contribution in [1.82, 2.24) is 14.5 Å². The molecule has 2 aromatic rings. The maximum Gasteiger partial charge on any atom is 0.462 e. The first-order valence-electron chi connectivity index (χ1n) is 11.8.